The highest BCUT2D eigenvalue weighted by Crippen LogP contribution is 2.24. The van der Waals surface area contributed by atoms with Gasteiger partial charge >= 0.3 is 22.2 Å². The van der Waals surface area contributed by atoms with Crippen LogP contribution < -0.4 is 9.50 Å². The highest BCUT2D eigenvalue weighted by molar-refractivity contribution is 7.86. The van der Waals surface area contributed by atoms with E-state index in [4.69, 9.17) is 13.7 Å². The zero-order chi connectivity index (χ0) is 22.5. The Balaban J connectivity index is 2.94. The number of ether oxygens (including phenoxy) is 2. The van der Waals surface area contributed by atoms with Crippen LogP contribution in [0, 0.1) is 0 Å². The molecule has 9 heteroatoms. The van der Waals surface area contributed by atoms with E-state index >= 15 is 0 Å². The lowest BCUT2D eigenvalue weighted by Gasteiger charge is -2.24. The van der Waals surface area contributed by atoms with E-state index in [2.05, 4.69) is 5.32 Å². The number of benzene rings is 1. The van der Waals surface area contributed by atoms with Crippen molar-refractivity contribution >= 4 is 22.2 Å². The first-order valence-electron chi connectivity index (χ1n) is 9.22. The molecule has 0 bridgehead atoms. The first kappa shape index (κ1) is 24.7. The summed E-state index contributed by atoms with van der Waals surface area (Å²) in [6.45, 7) is 10.7. The molecule has 1 atom stereocenters. The number of rotatable bonds is 7. The number of amides is 1. The number of hydrogen-bond acceptors (Lipinski definition) is 7. The molecule has 0 radical (unpaired) electrons. The molecule has 1 aromatic rings. The average Bonchev–Trinajstić information content (AvgIpc) is 2.47. The quantitative estimate of drug-likeness (QED) is 0.523. The fraction of sp³-hybridized carbons (Fsp3) is 0.600. The molecule has 29 heavy (non-hydrogen) atoms. The lowest BCUT2D eigenvalue weighted by molar-refractivity contribution is -0.155. The van der Waals surface area contributed by atoms with Gasteiger partial charge in [0.2, 0.25) is 0 Å². The SMILES string of the molecule is CC(C)(C)OC(=O)CC(CNC(=O)OC(C)(C)C)c1ccc(OS(C)(=O)=O)cc1. The van der Waals surface area contributed by atoms with Gasteiger partial charge in [-0.25, -0.2) is 4.79 Å². The Bertz CT molecular complexity index is 803. The van der Waals surface area contributed by atoms with Crippen molar-refractivity contribution in [1.82, 2.24) is 5.32 Å². The van der Waals surface area contributed by atoms with Gasteiger partial charge in [0.25, 0.3) is 0 Å². The summed E-state index contributed by atoms with van der Waals surface area (Å²) in [6, 6.07) is 6.27. The summed E-state index contributed by atoms with van der Waals surface area (Å²) in [5.41, 5.74) is -0.559. The Morgan fingerprint density at radius 1 is 0.966 bits per heavy atom. The van der Waals surface area contributed by atoms with Gasteiger partial charge < -0.3 is 19.0 Å². The van der Waals surface area contributed by atoms with Crippen LogP contribution in [-0.2, 0) is 24.4 Å². The second-order valence-electron chi connectivity index (χ2n) is 8.73. The van der Waals surface area contributed by atoms with E-state index in [1.807, 2.05) is 0 Å². The molecule has 0 saturated heterocycles. The smallest absolute Gasteiger partial charge is 0.407 e. The third-order valence-electron chi connectivity index (χ3n) is 3.32. The van der Waals surface area contributed by atoms with E-state index < -0.39 is 39.3 Å². The molecule has 0 aliphatic heterocycles. The molecule has 1 amide bonds. The van der Waals surface area contributed by atoms with Crippen LogP contribution in [0.25, 0.3) is 0 Å². The van der Waals surface area contributed by atoms with E-state index in [1.54, 1.807) is 53.7 Å². The molecule has 0 aliphatic carbocycles. The first-order chi connectivity index (χ1) is 13.0. The van der Waals surface area contributed by atoms with E-state index in [0.717, 1.165) is 6.26 Å². The van der Waals surface area contributed by atoms with Crippen LogP contribution in [0.3, 0.4) is 0 Å². The fourth-order valence-corrected chi connectivity index (χ4v) is 2.84. The van der Waals surface area contributed by atoms with Crippen molar-refractivity contribution in [1.29, 1.82) is 0 Å². The molecule has 1 N–H and O–H groups in total. The highest BCUT2D eigenvalue weighted by atomic mass is 32.2. The maximum atomic E-state index is 12.3. The number of alkyl carbamates (subject to hydrolysis) is 1. The summed E-state index contributed by atoms with van der Waals surface area (Å²) >= 11 is 0. The van der Waals surface area contributed by atoms with E-state index in [-0.39, 0.29) is 18.7 Å². The van der Waals surface area contributed by atoms with Gasteiger partial charge in [-0.2, -0.15) is 8.42 Å². The Kier molecular flexibility index (Phi) is 8.08. The summed E-state index contributed by atoms with van der Waals surface area (Å²) < 4.78 is 37.9. The van der Waals surface area contributed by atoms with E-state index in [1.165, 1.54) is 12.1 Å². The van der Waals surface area contributed by atoms with Gasteiger partial charge in [0.15, 0.2) is 0 Å². The topological polar surface area (TPSA) is 108 Å². The van der Waals surface area contributed by atoms with Crippen molar-refractivity contribution in [2.24, 2.45) is 0 Å². The van der Waals surface area contributed by atoms with Gasteiger partial charge in [-0.3, -0.25) is 4.79 Å². The zero-order valence-corrected chi connectivity index (χ0v) is 18.9. The predicted octanol–water partition coefficient (Wildman–Crippen LogP) is 3.37. The molecule has 0 saturated carbocycles. The minimum atomic E-state index is -3.64. The number of esters is 1. The van der Waals surface area contributed by atoms with Crippen LogP contribution >= 0.6 is 0 Å². The average molecular weight is 430 g/mol. The van der Waals surface area contributed by atoms with Crippen LogP contribution in [-0.4, -0.2) is 44.5 Å². The largest absolute Gasteiger partial charge is 0.460 e. The van der Waals surface area contributed by atoms with Gasteiger partial charge in [0, 0.05) is 12.5 Å². The first-order valence-corrected chi connectivity index (χ1v) is 11.0. The van der Waals surface area contributed by atoms with Crippen LogP contribution in [0.5, 0.6) is 5.75 Å². The number of nitrogens with one attached hydrogen (secondary N) is 1. The van der Waals surface area contributed by atoms with Gasteiger partial charge in [0.1, 0.15) is 17.0 Å². The van der Waals surface area contributed by atoms with Crippen molar-refractivity contribution in [3.63, 3.8) is 0 Å². The van der Waals surface area contributed by atoms with Crippen molar-refractivity contribution in [2.45, 2.75) is 65.1 Å². The van der Waals surface area contributed by atoms with E-state index in [0.29, 0.717) is 5.56 Å². The molecular weight excluding hydrogens is 398 g/mol. The summed E-state index contributed by atoms with van der Waals surface area (Å²) in [6.07, 6.45) is 0.389. The molecule has 1 unspecified atom stereocenters. The van der Waals surface area contributed by atoms with Crippen LogP contribution in [0.1, 0.15) is 59.4 Å². The van der Waals surface area contributed by atoms with Gasteiger partial charge in [-0.05, 0) is 59.2 Å². The van der Waals surface area contributed by atoms with Crippen LogP contribution in [0.4, 0.5) is 4.79 Å². The summed E-state index contributed by atoms with van der Waals surface area (Å²) in [4.78, 5) is 24.3. The molecular formula is C20H31NO7S. The lowest BCUT2D eigenvalue weighted by atomic mass is 9.95. The normalized spacial score (nSPS) is 13.3. The third-order valence-corrected chi connectivity index (χ3v) is 3.82. The zero-order valence-electron chi connectivity index (χ0n) is 18.1. The monoisotopic (exact) mass is 429 g/mol. The molecule has 0 aliphatic rings. The summed E-state index contributed by atoms with van der Waals surface area (Å²) in [5.74, 6) is -0.651. The number of carbonyl (C=O) groups is 2. The molecule has 164 valence electrons. The van der Waals surface area contributed by atoms with Crippen LogP contribution in [0.2, 0.25) is 0 Å². The molecule has 1 aromatic carbocycles. The maximum absolute atomic E-state index is 12.3. The highest BCUT2D eigenvalue weighted by Gasteiger charge is 2.24. The van der Waals surface area contributed by atoms with Crippen LogP contribution in [0.15, 0.2) is 24.3 Å². The molecule has 0 spiro atoms. The van der Waals surface area contributed by atoms with Gasteiger partial charge in [-0.1, -0.05) is 12.1 Å². The Labute approximate surface area is 173 Å². The minimum Gasteiger partial charge on any atom is -0.460 e. The maximum Gasteiger partial charge on any atom is 0.407 e. The minimum absolute atomic E-state index is 0.0271. The number of carbonyl (C=O) groups excluding carboxylic acids is 2. The number of hydrogen-bond donors (Lipinski definition) is 1. The molecule has 1 rings (SSSR count). The van der Waals surface area contributed by atoms with Crippen molar-refractivity contribution in [3.05, 3.63) is 29.8 Å². The van der Waals surface area contributed by atoms with Crippen molar-refractivity contribution in [3.8, 4) is 5.75 Å². The third kappa shape index (κ3) is 11.3. The van der Waals surface area contributed by atoms with Gasteiger partial charge in [-0.15, -0.1) is 0 Å². The Morgan fingerprint density at radius 2 is 1.48 bits per heavy atom. The Hall–Kier alpha value is -2.29. The second-order valence-corrected chi connectivity index (χ2v) is 10.3. The molecule has 0 fully saturated rings. The molecule has 8 nitrogen and oxygen atoms in total. The molecule has 0 heterocycles. The van der Waals surface area contributed by atoms with Crippen molar-refractivity contribution in [2.75, 3.05) is 12.8 Å². The second kappa shape index (κ2) is 9.47. The standard InChI is InChI=1S/C20H31NO7S/c1-19(2,3)26-17(22)12-15(13-21-18(23)27-20(4,5)6)14-8-10-16(11-9-14)28-29(7,24)25/h8-11,15H,12-13H2,1-7H3,(H,21,23). The predicted molar refractivity (Wildman–Crippen MR) is 109 cm³/mol. The summed E-state index contributed by atoms with van der Waals surface area (Å²) in [5, 5.41) is 2.66. The van der Waals surface area contributed by atoms with Crippen molar-refractivity contribution < 1.29 is 31.7 Å². The van der Waals surface area contributed by atoms with E-state index in [9.17, 15) is 18.0 Å². The Morgan fingerprint density at radius 3 is 1.93 bits per heavy atom. The molecule has 0 aromatic heterocycles. The fourth-order valence-electron chi connectivity index (χ4n) is 2.38. The van der Waals surface area contributed by atoms with Gasteiger partial charge in [0.05, 0.1) is 12.7 Å². The lowest BCUT2D eigenvalue weighted by Crippen LogP contribution is -2.35. The summed E-state index contributed by atoms with van der Waals surface area (Å²) in [7, 11) is -3.64.